The Kier molecular flexibility index (Phi) is 4.85. The highest BCUT2D eigenvalue weighted by molar-refractivity contribution is 7.92. The van der Waals surface area contributed by atoms with Crippen molar-refractivity contribution in [1.82, 2.24) is 0 Å². The molecule has 0 heterocycles. The molecule has 0 aliphatic carbocycles. The predicted molar refractivity (Wildman–Crippen MR) is 65.9 cm³/mol. The van der Waals surface area contributed by atoms with E-state index < -0.39 is 20.0 Å². The molecule has 0 bridgehead atoms. The number of rotatable bonds is 4. The molecule has 98 valence electrons. The van der Waals surface area contributed by atoms with Crippen LogP contribution in [0.15, 0.2) is 35.2 Å². The maximum atomic E-state index is 13.6. The third-order valence-corrected chi connectivity index (χ3v) is 3.95. The zero-order valence-electron chi connectivity index (χ0n) is 9.99. The quantitative estimate of drug-likeness (QED) is 0.623. The topological polar surface area (TPSA) is 34.1 Å². The fourth-order valence-corrected chi connectivity index (χ4v) is 2.26. The molecule has 0 aromatic heterocycles. The van der Waals surface area contributed by atoms with Crippen molar-refractivity contribution >= 4 is 9.84 Å². The summed E-state index contributed by atoms with van der Waals surface area (Å²) in [6.45, 7) is 1.90. The first-order chi connectivity index (χ1) is 8.42. The largest absolute Gasteiger partial charge is 0.411 e. The Labute approximate surface area is 106 Å². The molecular formula is C13H14F2O2S. The maximum Gasteiger partial charge on any atom is 0.411 e. The van der Waals surface area contributed by atoms with Gasteiger partial charge in [-0.05, 0) is 24.5 Å². The Morgan fingerprint density at radius 1 is 1.22 bits per heavy atom. The summed E-state index contributed by atoms with van der Waals surface area (Å²) >= 11 is 0. The maximum absolute atomic E-state index is 13.6. The Morgan fingerprint density at radius 2 is 1.83 bits per heavy atom. The SMILES string of the molecule is CCCCC#CC(F)(F)S(=O)(=O)c1ccccc1. The van der Waals surface area contributed by atoms with Gasteiger partial charge in [-0.3, -0.25) is 0 Å². The van der Waals surface area contributed by atoms with Crippen LogP contribution in [0, 0.1) is 11.8 Å². The van der Waals surface area contributed by atoms with E-state index >= 15 is 0 Å². The minimum Gasteiger partial charge on any atom is -0.216 e. The Balaban J connectivity index is 2.99. The molecule has 1 aromatic rings. The number of sulfone groups is 1. The van der Waals surface area contributed by atoms with E-state index in [1.165, 1.54) is 12.1 Å². The van der Waals surface area contributed by atoms with Crippen LogP contribution in [0.4, 0.5) is 8.78 Å². The van der Waals surface area contributed by atoms with Gasteiger partial charge in [0.15, 0.2) is 0 Å². The minimum absolute atomic E-state index is 0.274. The summed E-state index contributed by atoms with van der Waals surface area (Å²) in [5.41, 5.74) is 0. The lowest BCUT2D eigenvalue weighted by Gasteiger charge is -2.10. The molecule has 0 radical (unpaired) electrons. The standard InChI is InChI=1S/C13H14F2O2S/c1-2-3-4-8-11-13(14,15)18(16,17)12-9-6-5-7-10-12/h5-7,9-10H,2-4H2,1H3. The van der Waals surface area contributed by atoms with Crippen molar-refractivity contribution in [3.05, 3.63) is 30.3 Å². The monoisotopic (exact) mass is 272 g/mol. The van der Waals surface area contributed by atoms with E-state index in [1.807, 2.05) is 6.92 Å². The molecule has 5 heteroatoms. The third-order valence-electron chi connectivity index (χ3n) is 2.28. The van der Waals surface area contributed by atoms with E-state index in [0.717, 1.165) is 18.6 Å². The van der Waals surface area contributed by atoms with Crippen molar-refractivity contribution < 1.29 is 17.2 Å². The molecule has 0 saturated carbocycles. The van der Waals surface area contributed by atoms with Crippen LogP contribution in [0.1, 0.15) is 26.2 Å². The molecule has 1 aromatic carbocycles. The first-order valence-corrected chi connectivity index (χ1v) is 7.07. The smallest absolute Gasteiger partial charge is 0.216 e. The molecule has 0 aliphatic rings. The van der Waals surface area contributed by atoms with E-state index in [2.05, 4.69) is 5.92 Å². The second-order valence-corrected chi connectivity index (χ2v) is 5.73. The van der Waals surface area contributed by atoms with E-state index in [4.69, 9.17) is 0 Å². The van der Waals surface area contributed by atoms with Crippen molar-refractivity contribution in [3.8, 4) is 11.8 Å². The number of hydrogen-bond acceptors (Lipinski definition) is 2. The molecular weight excluding hydrogens is 258 g/mol. The van der Waals surface area contributed by atoms with Gasteiger partial charge in [0.25, 0.3) is 9.84 Å². The molecule has 0 unspecified atom stereocenters. The first-order valence-electron chi connectivity index (χ1n) is 5.59. The summed E-state index contributed by atoms with van der Waals surface area (Å²) in [5.74, 6) is 3.78. The molecule has 0 aliphatic heterocycles. The highest BCUT2D eigenvalue weighted by atomic mass is 32.2. The van der Waals surface area contributed by atoms with Crippen LogP contribution >= 0.6 is 0 Å². The van der Waals surface area contributed by atoms with Gasteiger partial charge in [-0.1, -0.05) is 37.5 Å². The van der Waals surface area contributed by atoms with Crippen LogP contribution < -0.4 is 0 Å². The van der Waals surface area contributed by atoms with Gasteiger partial charge in [0, 0.05) is 6.42 Å². The number of hydrogen-bond donors (Lipinski definition) is 0. The van der Waals surface area contributed by atoms with Crippen LogP contribution in [0.2, 0.25) is 0 Å². The van der Waals surface area contributed by atoms with Crippen molar-refractivity contribution in [2.75, 3.05) is 0 Å². The van der Waals surface area contributed by atoms with E-state index in [-0.39, 0.29) is 6.42 Å². The summed E-state index contributed by atoms with van der Waals surface area (Å²) in [6, 6.07) is 6.62. The summed E-state index contributed by atoms with van der Waals surface area (Å²) in [4.78, 5) is -0.417. The van der Waals surface area contributed by atoms with Gasteiger partial charge in [0.1, 0.15) is 0 Å². The second kappa shape index (κ2) is 5.96. The van der Waals surface area contributed by atoms with Crippen LogP contribution in [-0.2, 0) is 9.84 Å². The van der Waals surface area contributed by atoms with Crippen molar-refractivity contribution in [2.45, 2.75) is 36.3 Å². The number of benzene rings is 1. The minimum atomic E-state index is -4.73. The number of alkyl halides is 2. The van der Waals surface area contributed by atoms with E-state index in [1.54, 1.807) is 12.0 Å². The second-order valence-electron chi connectivity index (χ2n) is 3.74. The average Bonchev–Trinajstić information content (AvgIpc) is 2.35. The summed E-state index contributed by atoms with van der Waals surface area (Å²) < 4.78 is 50.4. The summed E-state index contributed by atoms with van der Waals surface area (Å²) in [5, 5.41) is -4.04. The number of unbranched alkanes of at least 4 members (excludes halogenated alkanes) is 2. The Bertz CT molecular complexity index is 539. The van der Waals surface area contributed by atoms with Crippen LogP contribution in [0.5, 0.6) is 0 Å². The van der Waals surface area contributed by atoms with Gasteiger partial charge in [-0.2, -0.15) is 8.78 Å². The molecule has 0 saturated heterocycles. The molecule has 0 N–H and O–H groups in total. The highest BCUT2D eigenvalue weighted by Gasteiger charge is 2.44. The van der Waals surface area contributed by atoms with Gasteiger partial charge in [-0.15, -0.1) is 0 Å². The summed E-state index contributed by atoms with van der Waals surface area (Å²) in [6.07, 6.45) is 1.77. The summed E-state index contributed by atoms with van der Waals surface area (Å²) in [7, 11) is -4.73. The van der Waals surface area contributed by atoms with Crippen LogP contribution in [0.25, 0.3) is 0 Å². The normalized spacial score (nSPS) is 11.7. The van der Waals surface area contributed by atoms with Crippen LogP contribution in [-0.4, -0.2) is 13.7 Å². The van der Waals surface area contributed by atoms with Gasteiger partial charge in [-0.25, -0.2) is 8.42 Å². The van der Waals surface area contributed by atoms with Gasteiger partial charge >= 0.3 is 5.25 Å². The Morgan fingerprint density at radius 3 is 2.39 bits per heavy atom. The molecule has 2 nitrogen and oxygen atoms in total. The zero-order chi connectivity index (χ0) is 13.6. The average molecular weight is 272 g/mol. The van der Waals surface area contributed by atoms with Gasteiger partial charge in [0.2, 0.25) is 0 Å². The highest BCUT2D eigenvalue weighted by Crippen LogP contribution is 2.28. The lowest BCUT2D eigenvalue weighted by Crippen LogP contribution is -2.27. The van der Waals surface area contributed by atoms with Crippen molar-refractivity contribution in [3.63, 3.8) is 0 Å². The fraction of sp³-hybridized carbons (Fsp3) is 0.385. The molecule has 0 amide bonds. The van der Waals surface area contributed by atoms with Crippen molar-refractivity contribution in [2.24, 2.45) is 0 Å². The molecule has 0 fully saturated rings. The fourth-order valence-electron chi connectivity index (χ4n) is 1.25. The number of halogens is 2. The molecule has 0 atom stereocenters. The first kappa shape index (κ1) is 14.7. The van der Waals surface area contributed by atoms with E-state index in [9.17, 15) is 17.2 Å². The van der Waals surface area contributed by atoms with Crippen molar-refractivity contribution in [1.29, 1.82) is 0 Å². The lowest BCUT2D eigenvalue weighted by atomic mass is 10.2. The molecule has 18 heavy (non-hydrogen) atoms. The lowest BCUT2D eigenvalue weighted by molar-refractivity contribution is 0.158. The molecule has 0 spiro atoms. The Hall–Kier alpha value is -1.41. The third kappa shape index (κ3) is 3.30. The van der Waals surface area contributed by atoms with Crippen LogP contribution in [0.3, 0.4) is 0 Å². The van der Waals surface area contributed by atoms with Gasteiger partial charge < -0.3 is 0 Å². The molecule has 1 rings (SSSR count). The zero-order valence-corrected chi connectivity index (χ0v) is 10.8. The van der Waals surface area contributed by atoms with E-state index in [0.29, 0.717) is 6.42 Å². The predicted octanol–water partition coefficient (Wildman–Crippen LogP) is 3.25. The van der Waals surface area contributed by atoms with Gasteiger partial charge in [0.05, 0.1) is 4.90 Å².